The maximum Gasteiger partial charge on any atom is 0.142 e. The van der Waals surface area contributed by atoms with Crippen LogP contribution in [-0.2, 0) is 4.74 Å². The van der Waals surface area contributed by atoms with E-state index in [0.717, 1.165) is 50.5 Å². The first-order chi connectivity index (χ1) is 13.4. The summed E-state index contributed by atoms with van der Waals surface area (Å²) in [6.45, 7) is 11.9. The lowest BCUT2D eigenvalue weighted by atomic mass is 9.71. The van der Waals surface area contributed by atoms with Gasteiger partial charge in [0.2, 0.25) is 0 Å². The lowest BCUT2D eigenvalue weighted by Gasteiger charge is -2.39. The fourth-order valence-electron chi connectivity index (χ4n) is 5.05. The number of hydrogen-bond donors (Lipinski definition) is 1. The summed E-state index contributed by atoms with van der Waals surface area (Å²) in [7, 11) is 1.72. The van der Waals surface area contributed by atoms with E-state index >= 15 is 0 Å². The van der Waals surface area contributed by atoms with Gasteiger partial charge in [-0.1, -0.05) is 32.9 Å². The second kappa shape index (κ2) is 9.47. The zero-order chi connectivity index (χ0) is 20.1. The Hall–Kier alpha value is -1.30. The molecule has 0 spiro atoms. The lowest BCUT2D eigenvalue weighted by Crippen LogP contribution is -2.49. The summed E-state index contributed by atoms with van der Waals surface area (Å²) in [5, 5.41) is 10.5. The van der Waals surface area contributed by atoms with Gasteiger partial charge in [-0.25, -0.2) is 0 Å². The molecule has 0 radical (unpaired) electrons. The highest BCUT2D eigenvalue weighted by molar-refractivity contribution is 5.58. The maximum atomic E-state index is 10.5. The molecule has 1 aromatic rings. The van der Waals surface area contributed by atoms with Gasteiger partial charge in [0.25, 0.3) is 0 Å². The molecule has 1 aliphatic carbocycles. The molecule has 0 aromatic heterocycles. The number of benzene rings is 1. The van der Waals surface area contributed by atoms with E-state index in [9.17, 15) is 5.11 Å². The fourth-order valence-corrected chi connectivity index (χ4v) is 5.05. The SMILES string of the molecule is COc1ccccc1N1CCN(C[C@@H](O)CO[C@H]2C[C@H](C)CC(C)(C)C2)CC1. The molecule has 158 valence electrons. The third-order valence-corrected chi connectivity index (χ3v) is 6.14. The minimum absolute atomic E-state index is 0.288. The number of piperazine rings is 1. The number of aliphatic hydroxyl groups is 1. The van der Waals surface area contributed by atoms with Crippen molar-refractivity contribution in [1.82, 2.24) is 4.90 Å². The first-order valence-electron chi connectivity index (χ1n) is 10.8. The molecule has 0 bridgehead atoms. The molecule has 2 aliphatic rings. The van der Waals surface area contributed by atoms with Crippen molar-refractivity contribution in [2.75, 3.05) is 51.3 Å². The van der Waals surface area contributed by atoms with Gasteiger partial charge in [-0.05, 0) is 42.7 Å². The Labute approximate surface area is 170 Å². The van der Waals surface area contributed by atoms with Gasteiger partial charge in [0.1, 0.15) is 5.75 Å². The van der Waals surface area contributed by atoms with Crippen LogP contribution in [0, 0.1) is 11.3 Å². The standard InChI is InChI=1S/C23H38N2O3/c1-18-13-20(15-23(2,3)14-18)28-17-19(26)16-24-9-11-25(12-10-24)21-7-5-6-8-22(21)27-4/h5-8,18-20,26H,9-17H2,1-4H3/t18-,19+,20-/m0/s1. The predicted octanol–water partition coefficient (Wildman–Crippen LogP) is 3.41. The molecule has 5 nitrogen and oxygen atoms in total. The Kier molecular flexibility index (Phi) is 7.24. The number of anilines is 1. The second-order valence-electron chi connectivity index (χ2n) is 9.48. The van der Waals surface area contributed by atoms with Crippen LogP contribution >= 0.6 is 0 Å². The Morgan fingerprint density at radius 1 is 1.14 bits per heavy atom. The Morgan fingerprint density at radius 2 is 1.86 bits per heavy atom. The van der Waals surface area contributed by atoms with Gasteiger partial charge in [-0.2, -0.15) is 0 Å². The van der Waals surface area contributed by atoms with E-state index in [1.165, 1.54) is 6.42 Å². The smallest absolute Gasteiger partial charge is 0.142 e. The second-order valence-corrected chi connectivity index (χ2v) is 9.48. The summed E-state index contributed by atoms with van der Waals surface area (Å²) in [6, 6.07) is 8.18. The van der Waals surface area contributed by atoms with Gasteiger partial charge in [-0.15, -0.1) is 0 Å². The highest BCUT2D eigenvalue weighted by Crippen LogP contribution is 2.39. The summed E-state index contributed by atoms with van der Waals surface area (Å²) >= 11 is 0. The first-order valence-corrected chi connectivity index (χ1v) is 10.8. The summed E-state index contributed by atoms with van der Waals surface area (Å²) < 4.78 is 11.6. The van der Waals surface area contributed by atoms with Crippen molar-refractivity contribution >= 4 is 5.69 Å². The number of aliphatic hydroxyl groups excluding tert-OH is 1. The zero-order valence-corrected chi connectivity index (χ0v) is 18.1. The number of β-amino-alcohol motifs (C(OH)–C–C–N with tert-alkyl or cyclic N) is 1. The van der Waals surface area contributed by atoms with Crippen LogP contribution in [-0.4, -0.2) is 68.7 Å². The number of ether oxygens (including phenoxy) is 2. The van der Waals surface area contributed by atoms with Crippen molar-refractivity contribution in [3.05, 3.63) is 24.3 Å². The van der Waals surface area contributed by atoms with E-state index in [1.807, 2.05) is 12.1 Å². The molecule has 1 saturated heterocycles. The van der Waals surface area contributed by atoms with Crippen LogP contribution in [0.3, 0.4) is 0 Å². The molecule has 1 aromatic carbocycles. The third kappa shape index (κ3) is 5.85. The van der Waals surface area contributed by atoms with Crippen molar-refractivity contribution in [1.29, 1.82) is 0 Å². The Balaban J connectivity index is 1.41. The van der Waals surface area contributed by atoms with Crippen LogP contribution in [0.5, 0.6) is 5.75 Å². The summed E-state index contributed by atoms with van der Waals surface area (Å²) in [4.78, 5) is 4.71. The third-order valence-electron chi connectivity index (χ3n) is 6.14. The van der Waals surface area contributed by atoms with Crippen molar-refractivity contribution in [2.24, 2.45) is 11.3 Å². The van der Waals surface area contributed by atoms with Gasteiger partial charge in [0.05, 0.1) is 31.6 Å². The molecule has 0 unspecified atom stereocenters. The van der Waals surface area contributed by atoms with Gasteiger partial charge in [0, 0.05) is 32.7 Å². The van der Waals surface area contributed by atoms with Crippen LogP contribution in [0.25, 0.3) is 0 Å². The van der Waals surface area contributed by atoms with Gasteiger partial charge >= 0.3 is 0 Å². The molecule has 1 heterocycles. The molecule has 1 N–H and O–H groups in total. The quantitative estimate of drug-likeness (QED) is 0.773. The number of methoxy groups -OCH3 is 1. The van der Waals surface area contributed by atoms with E-state index in [-0.39, 0.29) is 6.10 Å². The molecule has 0 amide bonds. The molecule has 5 heteroatoms. The largest absolute Gasteiger partial charge is 0.495 e. The number of hydrogen-bond acceptors (Lipinski definition) is 5. The van der Waals surface area contributed by atoms with Crippen LogP contribution in [0.15, 0.2) is 24.3 Å². The highest BCUT2D eigenvalue weighted by atomic mass is 16.5. The number of nitrogens with zero attached hydrogens (tertiary/aromatic N) is 2. The average molecular weight is 391 g/mol. The fraction of sp³-hybridized carbons (Fsp3) is 0.739. The Bertz CT molecular complexity index is 614. The molecule has 1 saturated carbocycles. The molecule has 1 aliphatic heterocycles. The number of rotatable bonds is 7. The topological polar surface area (TPSA) is 45.2 Å². The van der Waals surface area contributed by atoms with E-state index < -0.39 is 6.10 Å². The van der Waals surface area contributed by atoms with Crippen molar-refractivity contribution < 1.29 is 14.6 Å². The van der Waals surface area contributed by atoms with Gasteiger partial charge < -0.3 is 19.5 Å². The maximum absolute atomic E-state index is 10.5. The molecule has 28 heavy (non-hydrogen) atoms. The molecule has 2 fully saturated rings. The Morgan fingerprint density at radius 3 is 2.54 bits per heavy atom. The minimum atomic E-state index is -0.418. The van der Waals surface area contributed by atoms with Crippen LogP contribution in [0.1, 0.15) is 40.0 Å². The summed E-state index contributed by atoms with van der Waals surface area (Å²) in [5.74, 6) is 1.63. The van der Waals surface area contributed by atoms with Crippen molar-refractivity contribution in [2.45, 2.75) is 52.2 Å². The van der Waals surface area contributed by atoms with Crippen molar-refractivity contribution in [3.8, 4) is 5.75 Å². The lowest BCUT2D eigenvalue weighted by molar-refractivity contribution is -0.0615. The van der Waals surface area contributed by atoms with E-state index in [1.54, 1.807) is 7.11 Å². The van der Waals surface area contributed by atoms with Crippen LogP contribution < -0.4 is 9.64 Å². The number of para-hydroxylation sites is 2. The summed E-state index contributed by atoms with van der Waals surface area (Å²) in [6.07, 6.45) is 3.36. The molecule has 3 atom stereocenters. The molecular weight excluding hydrogens is 352 g/mol. The molecule has 3 rings (SSSR count). The van der Waals surface area contributed by atoms with E-state index in [0.29, 0.717) is 24.5 Å². The van der Waals surface area contributed by atoms with Crippen LogP contribution in [0.4, 0.5) is 5.69 Å². The predicted molar refractivity (Wildman–Crippen MR) is 114 cm³/mol. The van der Waals surface area contributed by atoms with E-state index in [2.05, 4.69) is 42.7 Å². The van der Waals surface area contributed by atoms with E-state index in [4.69, 9.17) is 9.47 Å². The average Bonchev–Trinajstić information content (AvgIpc) is 2.65. The first kappa shape index (κ1) is 21.4. The van der Waals surface area contributed by atoms with Gasteiger partial charge in [-0.3, -0.25) is 4.90 Å². The molecular formula is C23H38N2O3. The zero-order valence-electron chi connectivity index (χ0n) is 18.1. The van der Waals surface area contributed by atoms with Gasteiger partial charge in [0.15, 0.2) is 0 Å². The minimum Gasteiger partial charge on any atom is -0.495 e. The van der Waals surface area contributed by atoms with Crippen LogP contribution in [0.2, 0.25) is 0 Å². The normalized spacial score (nSPS) is 26.8. The summed E-state index contributed by atoms with van der Waals surface area (Å²) in [5.41, 5.74) is 1.50. The monoisotopic (exact) mass is 390 g/mol. The van der Waals surface area contributed by atoms with Crippen molar-refractivity contribution in [3.63, 3.8) is 0 Å². The highest BCUT2D eigenvalue weighted by Gasteiger charge is 2.33.